The molecule has 13 heavy (non-hydrogen) atoms. The van der Waals surface area contributed by atoms with Crippen LogP contribution in [0.3, 0.4) is 0 Å². The Kier molecular flexibility index (Phi) is 4.86. The van der Waals surface area contributed by atoms with Gasteiger partial charge in [0.1, 0.15) is 0 Å². The molecule has 0 amide bonds. The zero-order chi connectivity index (χ0) is 7.90. The molecule has 80 valence electrons. The molecular formula is C7H14Cl2F2N2. The fraction of sp³-hybridized carbons (Fsp3) is 1.00. The van der Waals surface area contributed by atoms with E-state index in [1.165, 1.54) is 0 Å². The molecule has 0 aromatic heterocycles. The van der Waals surface area contributed by atoms with E-state index in [1.54, 1.807) is 0 Å². The van der Waals surface area contributed by atoms with Gasteiger partial charge in [-0.3, -0.25) is 4.90 Å². The van der Waals surface area contributed by atoms with E-state index in [2.05, 4.69) is 5.32 Å². The van der Waals surface area contributed by atoms with Crippen LogP contribution in [0.5, 0.6) is 0 Å². The second-order valence-electron chi connectivity index (χ2n) is 3.39. The SMILES string of the molecule is Cl.Cl.FC1(F)CCN(C2CNC2)C1. The van der Waals surface area contributed by atoms with Crippen LogP contribution in [-0.2, 0) is 0 Å². The number of hydrogen-bond donors (Lipinski definition) is 1. The smallest absolute Gasteiger partial charge is 0.261 e. The Bertz CT molecular complexity index is 165. The zero-order valence-electron chi connectivity index (χ0n) is 7.13. The van der Waals surface area contributed by atoms with Crippen molar-refractivity contribution in [2.24, 2.45) is 0 Å². The number of halogens is 4. The number of alkyl halides is 2. The average molecular weight is 235 g/mol. The predicted octanol–water partition coefficient (Wildman–Crippen LogP) is 1.14. The highest BCUT2D eigenvalue weighted by atomic mass is 35.5. The normalized spacial score (nSPS) is 27.2. The minimum atomic E-state index is -2.42. The molecule has 0 aromatic rings. The lowest BCUT2D eigenvalue weighted by Gasteiger charge is -2.35. The van der Waals surface area contributed by atoms with Crippen LogP contribution < -0.4 is 5.32 Å². The Morgan fingerprint density at radius 1 is 1.23 bits per heavy atom. The van der Waals surface area contributed by atoms with Gasteiger partial charge in [-0.05, 0) is 0 Å². The van der Waals surface area contributed by atoms with Crippen LogP contribution in [0.2, 0.25) is 0 Å². The van der Waals surface area contributed by atoms with Crippen LogP contribution in [0, 0.1) is 0 Å². The standard InChI is InChI=1S/C7H12F2N2.2ClH/c8-7(9)1-2-11(5-7)6-3-10-4-6;;/h6,10H,1-5H2;2*1H. The van der Waals surface area contributed by atoms with E-state index in [1.807, 2.05) is 4.90 Å². The lowest BCUT2D eigenvalue weighted by molar-refractivity contribution is 0.00456. The first-order valence-electron chi connectivity index (χ1n) is 4.00. The van der Waals surface area contributed by atoms with Crippen LogP contribution in [0.4, 0.5) is 8.78 Å². The van der Waals surface area contributed by atoms with Gasteiger partial charge in [-0.2, -0.15) is 0 Å². The maximum atomic E-state index is 12.7. The molecule has 0 aliphatic carbocycles. The Labute approximate surface area is 88.9 Å². The Morgan fingerprint density at radius 3 is 2.15 bits per heavy atom. The summed E-state index contributed by atoms with van der Waals surface area (Å²) in [6.45, 7) is 2.31. The van der Waals surface area contributed by atoms with Crippen LogP contribution in [0.15, 0.2) is 0 Å². The molecule has 6 heteroatoms. The van der Waals surface area contributed by atoms with Gasteiger partial charge in [0, 0.05) is 32.1 Å². The average Bonchev–Trinajstić information content (AvgIpc) is 2.05. The molecule has 2 heterocycles. The minimum Gasteiger partial charge on any atom is -0.314 e. The van der Waals surface area contributed by atoms with Gasteiger partial charge < -0.3 is 5.32 Å². The van der Waals surface area contributed by atoms with E-state index in [-0.39, 0.29) is 37.8 Å². The molecule has 2 saturated heterocycles. The van der Waals surface area contributed by atoms with Gasteiger partial charge >= 0.3 is 0 Å². The molecule has 2 aliphatic rings. The summed E-state index contributed by atoms with van der Waals surface area (Å²) >= 11 is 0. The highest BCUT2D eigenvalue weighted by Gasteiger charge is 2.41. The van der Waals surface area contributed by atoms with Crippen molar-refractivity contribution in [3.63, 3.8) is 0 Å². The van der Waals surface area contributed by atoms with Crippen molar-refractivity contribution in [1.29, 1.82) is 0 Å². The fourth-order valence-electron chi connectivity index (χ4n) is 1.61. The first-order chi connectivity index (χ1) is 5.17. The quantitative estimate of drug-likeness (QED) is 0.733. The van der Waals surface area contributed by atoms with Crippen LogP contribution >= 0.6 is 24.8 Å². The van der Waals surface area contributed by atoms with Crippen molar-refractivity contribution in [3.05, 3.63) is 0 Å². The molecule has 0 unspecified atom stereocenters. The van der Waals surface area contributed by atoms with E-state index >= 15 is 0 Å². The summed E-state index contributed by atoms with van der Waals surface area (Å²) in [5, 5.41) is 3.08. The predicted molar refractivity (Wildman–Crippen MR) is 52.3 cm³/mol. The van der Waals surface area contributed by atoms with Gasteiger partial charge in [0.15, 0.2) is 0 Å². The van der Waals surface area contributed by atoms with E-state index in [4.69, 9.17) is 0 Å². The van der Waals surface area contributed by atoms with E-state index in [0.717, 1.165) is 13.1 Å². The number of hydrogen-bond acceptors (Lipinski definition) is 2. The fourth-order valence-corrected chi connectivity index (χ4v) is 1.61. The lowest BCUT2D eigenvalue weighted by atomic mass is 10.1. The minimum absolute atomic E-state index is 0. The third-order valence-electron chi connectivity index (χ3n) is 2.48. The van der Waals surface area contributed by atoms with Crippen molar-refractivity contribution in [1.82, 2.24) is 10.2 Å². The molecule has 2 fully saturated rings. The van der Waals surface area contributed by atoms with Crippen LogP contribution in [0.25, 0.3) is 0 Å². The van der Waals surface area contributed by atoms with Crippen LogP contribution in [-0.4, -0.2) is 43.0 Å². The molecule has 0 bridgehead atoms. The summed E-state index contributed by atoms with van der Waals surface area (Å²) < 4.78 is 25.3. The van der Waals surface area contributed by atoms with Crippen molar-refractivity contribution in [2.75, 3.05) is 26.2 Å². The molecule has 2 nitrogen and oxygen atoms in total. The first-order valence-corrected chi connectivity index (χ1v) is 4.00. The van der Waals surface area contributed by atoms with E-state index in [9.17, 15) is 8.78 Å². The number of nitrogens with one attached hydrogen (secondary N) is 1. The Balaban J connectivity index is 0.000000720. The van der Waals surface area contributed by atoms with Crippen molar-refractivity contribution in [2.45, 2.75) is 18.4 Å². The molecule has 1 N–H and O–H groups in total. The van der Waals surface area contributed by atoms with Crippen molar-refractivity contribution in [3.8, 4) is 0 Å². The number of nitrogens with zero attached hydrogens (tertiary/aromatic N) is 1. The Morgan fingerprint density at radius 2 is 1.85 bits per heavy atom. The van der Waals surface area contributed by atoms with Gasteiger partial charge in [0.05, 0.1) is 6.54 Å². The highest BCUT2D eigenvalue weighted by Crippen LogP contribution is 2.28. The third kappa shape index (κ3) is 2.91. The van der Waals surface area contributed by atoms with Crippen LogP contribution in [0.1, 0.15) is 6.42 Å². The highest BCUT2D eigenvalue weighted by molar-refractivity contribution is 5.85. The van der Waals surface area contributed by atoms with Crippen molar-refractivity contribution >= 4 is 24.8 Å². The number of rotatable bonds is 1. The summed E-state index contributed by atoms with van der Waals surface area (Å²) in [5.74, 6) is -2.42. The Hall–Kier alpha value is 0.360. The van der Waals surface area contributed by atoms with E-state index in [0.29, 0.717) is 12.6 Å². The monoisotopic (exact) mass is 234 g/mol. The van der Waals surface area contributed by atoms with Gasteiger partial charge in [-0.1, -0.05) is 0 Å². The maximum absolute atomic E-state index is 12.7. The summed E-state index contributed by atoms with van der Waals surface area (Å²) in [7, 11) is 0. The molecule has 0 radical (unpaired) electrons. The lowest BCUT2D eigenvalue weighted by Crippen LogP contribution is -2.56. The summed E-state index contributed by atoms with van der Waals surface area (Å²) in [5.41, 5.74) is 0. The summed E-state index contributed by atoms with van der Waals surface area (Å²) in [4.78, 5) is 1.89. The van der Waals surface area contributed by atoms with Gasteiger partial charge in [0.2, 0.25) is 0 Å². The molecule has 0 spiro atoms. The third-order valence-corrected chi connectivity index (χ3v) is 2.48. The van der Waals surface area contributed by atoms with Gasteiger partial charge in [0.25, 0.3) is 5.92 Å². The molecule has 0 saturated carbocycles. The topological polar surface area (TPSA) is 15.3 Å². The summed E-state index contributed by atoms with van der Waals surface area (Å²) in [6.07, 6.45) is 0.0451. The molecule has 0 aromatic carbocycles. The van der Waals surface area contributed by atoms with Gasteiger partial charge in [-0.25, -0.2) is 8.78 Å². The largest absolute Gasteiger partial charge is 0.314 e. The van der Waals surface area contributed by atoms with Gasteiger partial charge in [-0.15, -0.1) is 24.8 Å². The van der Waals surface area contributed by atoms with Crippen molar-refractivity contribution < 1.29 is 8.78 Å². The second kappa shape index (κ2) is 4.73. The molecule has 2 aliphatic heterocycles. The number of likely N-dealkylation sites (tertiary alicyclic amines) is 1. The maximum Gasteiger partial charge on any atom is 0.261 e. The summed E-state index contributed by atoms with van der Waals surface area (Å²) in [6, 6.07) is 0.378. The van der Waals surface area contributed by atoms with E-state index < -0.39 is 5.92 Å². The zero-order valence-corrected chi connectivity index (χ0v) is 8.77. The first kappa shape index (κ1) is 13.4. The molecule has 0 atom stereocenters. The molecule has 2 rings (SSSR count). The second-order valence-corrected chi connectivity index (χ2v) is 3.39. The molecular weight excluding hydrogens is 221 g/mol.